The smallest absolute Gasteiger partial charge is 0.261 e. The predicted molar refractivity (Wildman–Crippen MR) is 108 cm³/mol. The first kappa shape index (κ1) is 20.5. The van der Waals surface area contributed by atoms with Crippen molar-refractivity contribution in [1.82, 2.24) is 14.9 Å². The van der Waals surface area contributed by atoms with Crippen LogP contribution in [0.3, 0.4) is 0 Å². The van der Waals surface area contributed by atoms with Crippen LogP contribution in [0.4, 0.5) is 0 Å². The molecule has 1 fully saturated rings. The van der Waals surface area contributed by atoms with Gasteiger partial charge in [-0.25, -0.2) is 8.42 Å². The predicted octanol–water partition coefficient (Wildman–Crippen LogP) is 1.89. The summed E-state index contributed by atoms with van der Waals surface area (Å²) in [5.41, 5.74) is 0.786. The van der Waals surface area contributed by atoms with Crippen molar-refractivity contribution >= 4 is 33.2 Å². The topological polar surface area (TPSA) is 95.6 Å². The molecule has 150 valence electrons. The molecule has 3 rings (SSSR count). The second-order valence-corrected chi connectivity index (χ2v) is 9.85. The average Bonchev–Trinajstić information content (AvgIpc) is 3.37. The Hall–Kier alpha value is -2.23. The van der Waals surface area contributed by atoms with Gasteiger partial charge in [0.1, 0.15) is 0 Å². The number of carbonyl (C=O) groups excluding carboxylic acids is 2. The molecular weight excluding hydrogens is 398 g/mol. The van der Waals surface area contributed by atoms with E-state index in [2.05, 4.69) is 10.6 Å². The van der Waals surface area contributed by atoms with Crippen LogP contribution >= 0.6 is 11.3 Å². The van der Waals surface area contributed by atoms with Crippen LogP contribution in [-0.4, -0.2) is 44.2 Å². The first-order chi connectivity index (χ1) is 13.4. The minimum atomic E-state index is -3.43. The molecule has 1 aliphatic rings. The lowest BCUT2D eigenvalue weighted by molar-refractivity contribution is -0.120. The van der Waals surface area contributed by atoms with Gasteiger partial charge >= 0.3 is 0 Å². The summed E-state index contributed by atoms with van der Waals surface area (Å²) < 4.78 is 26.5. The van der Waals surface area contributed by atoms with E-state index in [4.69, 9.17) is 0 Å². The van der Waals surface area contributed by atoms with Crippen LogP contribution in [0.15, 0.2) is 41.3 Å². The maximum atomic E-state index is 12.5. The molecule has 1 saturated heterocycles. The number of thiophene rings is 1. The molecule has 0 spiro atoms. The summed E-state index contributed by atoms with van der Waals surface area (Å²) in [7, 11) is -3.43. The summed E-state index contributed by atoms with van der Waals surface area (Å²) in [6.45, 7) is 3.19. The van der Waals surface area contributed by atoms with E-state index >= 15 is 0 Å². The Kier molecular flexibility index (Phi) is 6.48. The Balaban J connectivity index is 1.48. The van der Waals surface area contributed by atoms with Gasteiger partial charge < -0.3 is 10.6 Å². The van der Waals surface area contributed by atoms with Crippen LogP contribution in [0, 0.1) is 6.92 Å². The highest BCUT2D eigenvalue weighted by Gasteiger charge is 2.26. The molecule has 0 unspecified atom stereocenters. The Morgan fingerprint density at radius 1 is 1.04 bits per heavy atom. The standard InChI is InChI=1S/C19H23N3O4S2/c1-14-4-9-17(27-14)19(24)21-13-18(23)20-12-15-5-7-16(8-6-15)28(25,26)22-10-2-3-11-22/h4-9H,2-3,10-13H2,1H3,(H,20,23)(H,21,24). The maximum Gasteiger partial charge on any atom is 0.261 e. The first-order valence-electron chi connectivity index (χ1n) is 9.07. The van der Waals surface area contributed by atoms with E-state index in [9.17, 15) is 18.0 Å². The number of nitrogens with one attached hydrogen (secondary N) is 2. The Bertz CT molecular complexity index is 946. The monoisotopic (exact) mass is 421 g/mol. The Labute approximate surface area is 168 Å². The van der Waals surface area contributed by atoms with Gasteiger partial charge in [-0.3, -0.25) is 9.59 Å². The molecule has 1 aromatic heterocycles. The van der Waals surface area contributed by atoms with Gasteiger partial charge in [-0.2, -0.15) is 4.31 Å². The molecule has 0 atom stereocenters. The number of benzene rings is 1. The largest absolute Gasteiger partial charge is 0.350 e. The number of hydrogen-bond donors (Lipinski definition) is 2. The van der Waals surface area contributed by atoms with E-state index < -0.39 is 10.0 Å². The van der Waals surface area contributed by atoms with E-state index in [1.165, 1.54) is 15.6 Å². The molecule has 0 bridgehead atoms. The van der Waals surface area contributed by atoms with Crippen LogP contribution in [0.2, 0.25) is 0 Å². The fourth-order valence-electron chi connectivity index (χ4n) is 2.92. The van der Waals surface area contributed by atoms with Crippen molar-refractivity contribution in [2.45, 2.75) is 31.2 Å². The number of carbonyl (C=O) groups is 2. The van der Waals surface area contributed by atoms with Gasteiger partial charge in [-0.1, -0.05) is 12.1 Å². The summed E-state index contributed by atoms with van der Waals surface area (Å²) in [6.07, 6.45) is 1.79. The Morgan fingerprint density at radius 3 is 2.32 bits per heavy atom. The number of nitrogens with zero attached hydrogens (tertiary/aromatic N) is 1. The molecule has 28 heavy (non-hydrogen) atoms. The summed E-state index contributed by atoms with van der Waals surface area (Å²) in [4.78, 5) is 25.7. The maximum absolute atomic E-state index is 12.5. The normalized spacial score (nSPS) is 14.8. The summed E-state index contributed by atoms with van der Waals surface area (Å²) in [6, 6.07) is 10.1. The van der Waals surface area contributed by atoms with Crippen molar-refractivity contribution in [2.75, 3.05) is 19.6 Å². The second kappa shape index (κ2) is 8.85. The minimum absolute atomic E-state index is 0.114. The minimum Gasteiger partial charge on any atom is -0.350 e. The highest BCUT2D eigenvalue weighted by atomic mass is 32.2. The zero-order valence-electron chi connectivity index (χ0n) is 15.6. The molecule has 2 amide bonds. The fraction of sp³-hybridized carbons (Fsp3) is 0.368. The van der Waals surface area contributed by atoms with Gasteiger partial charge in [0.15, 0.2) is 0 Å². The lowest BCUT2D eigenvalue weighted by atomic mass is 10.2. The van der Waals surface area contributed by atoms with E-state index in [1.54, 1.807) is 30.3 Å². The van der Waals surface area contributed by atoms with Crippen molar-refractivity contribution < 1.29 is 18.0 Å². The number of rotatable bonds is 7. The SMILES string of the molecule is Cc1ccc(C(=O)NCC(=O)NCc2ccc(S(=O)(=O)N3CCCC3)cc2)s1. The lowest BCUT2D eigenvalue weighted by Gasteiger charge is -2.15. The van der Waals surface area contributed by atoms with Crippen molar-refractivity contribution in [3.63, 3.8) is 0 Å². The third kappa shape index (κ3) is 4.98. The van der Waals surface area contributed by atoms with E-state index in [0.717, 1.165) is 23.3 Å². The molecule has 7 nitrogen and oxygen atoms in total. The van der Waals surface area contributed by atoms with E-state index in [-0.39, 0.29) is 29.8 Å². The van der Waals surface area contributed by atoms with Gasteiger partial charge in [-0.15, -0.1) is 11.3 Å². The average molecular weight is 422 g/mol. The van der Waals surface area contributed by atoms with E-state index in [0.29, 0.717) is 18.0 Å². The summed E-state index contributed by atoms with van der Waals surface area (Å²) in [5.74, 6) is -0.583. The fourth-order valence-corrected chi connectivity index (χ4v) is 5.23. The van der Waals surface area contributed by atoms with Gasteiger partial charge in [0, 0.05) is 24.5 Å². The van der Waals surface area contributed by atoms with Crippen LogP contribution < -0.4 is 10.6 Å². The number of amides is 2. The van der Waals surface area contributed by atoms with Gasteiger partial charge in [0.25, 0.3) is 5.91 Å². The van der Waals surface area contributed by atoms with E-state index in [1.807, 2.05) is 13.0 Å². The molecule has 9 heteroatoms. The highest BCUT2D eigenvalue weighted by molar-refractivity contribution is 7.89. The number of hydrogen-bond acceptors (Lipinski definition) is 5. The van der Waals surface area contributed by atoms with Crippen LogP contribution in [0.25, 0.3) is 0 Å². The second-order valence-electron chi connectivity index (χ2n) is 6.62. The molecule has 0 saturated carbocycles. The zero-order chi connectivity index (χ0) is 20.1. The molecule has 1 aliphatic heterocycles. The molecule has 0 aliphatic carbocycles. The zero-order valence-corrected chi connectivity index (χ0v) is 17.2. The van der Waals surface area contributed by atoms with Crippen molar-refractivity contribution in [2.24, 2.45) is 0 Å². The highest BCUT2D eigenvalue weighted by Crippen LogP contribution is 2.21. The van der Waals surface area contributed by atoms with Crippen molar-refractivity contribution in [3.8, 4) is 0 Å². The quantitative estimate of drug-likeness (QED) is 0.714. The molecule has 2 N–H and O–H groups in total. The van der Waals surface area contributed by atoms with Crippen molar-refractivity contribution in [3.05, 3.63) is 51.7 Å². The van der Waals surface area contributed by atoms with Gasteiger partial charge in [0.2, 0.25) is 15.9 Å². The van der Waals surface area contributed by atoms with Crippen LogP contribution in [0.5, 0.6) is 0 Å². The molecule has 1 aromatic carbocycles. The van der Waals surface area contributed by atoms with Gasteiger partial charge in [0.05, 0.1) is 16.3 Å². The van der Waals surface area contributed by atoms with Crippen LogP contribution in [-0.2, 0) is 21.4 Å². The van der Waals surface area contributed by atoms with Crippen molar-refractivity contribution in [1.29, 1.82) is 0 Å². The van der Waals surface area contributed by atoms with Gasteiger partial charge in [-0.05, 0) is 49.6 Å². The molecule has 2 aromatic rings. The summed E-state index contributed by atoms with van der Waals surface area (Å²) >= 11 is 1.37. The third-order valence-corrected chi connectivity index (χ3v) is 7.40. The van der Waals surface area contributed by atoms with Crippen LogP contribution in [0.1, 0.15) is 33.0 Å². The number of sulfonamides is 1. The molecular formula is C19H23N3O4S2. The third-order valence-electron chi connectivity index (χ3n) is 4.49. The molecule has 0 radical (unpaired) electrons. The lowest BCUT2D eigenvalue weighted by Crippen LogP contribution is -2.36. The molecule has 2 heterocycles. The first-order valence-corrected chi connectivity index (χ1v) is 11.3. The summed E-state index contributed by atoms with van der Waals surface area (Å²) in [5, 5.41) is 5.30. The number of aryl methyl sites for hydroxylation is 1. The Morgan fingerprint density at radius 2 is 1.71 bits per heavy atom.